The number of Topliss-reactive ketones (excluding diaryl/α,β-unsaturated/α-hetero) is 1. The van der Waals surface area contributed by atoms with E-state index in [0.717, 1.165) is 22.0 Å². The minimum absolute atomic E-state index is 0.0116. The normalized spacial score (nSPS) is 12.7. The molecule has 0 bridgehead atoms. The molecule has 0 spiro atoms. The number of aryl methyl sites for hydroxylation is 1. The van der Waals surface area contributed by atoms with E-state index in [-0.39, 0.29) is 10.7 Å². The maximum atomic E-state index is 13.6. The third-order valence-corrected chi connectivity index (χ3v) is 6.50. The van der Waals surface area contributed by atoms with Crippen LogP contribution in [0.1, 0.15) is 27.5 Å². The Morgan fingerprint density at radius 3 is 2.31 bits per heavy atom. The molecule has 0 aliphatic rings. The van der Waals surface area contributed by atoms with Crippen LogP contribution in [-0.4, -0.2) is 25.3 Å². The molecule has 6 nitrogen and oxygen atoms in total. The maximum absolute atomic E-state index is 13.6. The topological polar surface area (TPSA) is 94.2 Å². The van der Waals surface area contributed by atoms with E-state index in [0.29, 0.717) is 18.5 Å². The second kappa shape index (κ2) is 9.08. The zero-order chi connectivity index (χ0) is 22.7. The fourth-order valence-corrected chi connectivity index (χ4v) is 4.42. The summed E-state index contributed by atoms with van der Waals surface area (Å²) in [5.41, 5.74) is 3.55. The highest BCUT2D eigenvalue weighted by Gasteiger charge is 2.24. The highest BCUT2D eigenvalue weighted by molar-refractivity contribution is 7.89. The van der Waals surface area contributed by atoms with Crippen molar-refractivity contribution in [1.82, 2.24) is 9.88 Å². The largest absolute Gasteiger partial charge is 0.350 e. The minimum atomic E-state index is -3.71. The van der Waals surface area contributed by atoms with E-state index < -0.39 is 16.1 Å². The molecule has 0 amide bonds. The number of fused-ring (bicyclic) bond motifs is 1. The van der Waals surface area contributed by atoms with E-state index in [1.807, 2.05) is 72.4 Å². The number of primary sulfonamides is 1. The van der Waals surface area contributed by atoms with Gasteiger partial charge in [-0.05, 0) is 35.7 Å². The molecule has 7 heteroatoms. The first-order chi connectivity index (χ1) is 15.3. The van der Waals surface area contributed by atoms with Gasteiger partial charge >= 0.3 is 0 Å². The molecule has 0 saturated heterocycles. The fraction of sp³-hybridized carbons (Fsp3) is 0.160. The van der Waals surface area contributed by atoms with Crippen LogP contribution in [-0.2, 0) is 23.5 Å². The summed E-state index contributed by atoms with van der Waals surface area (Å²) in [6, 6.07) is 23.5. The summed E-state index contributed by atoms with van der Waals surface area (Å²) in [6.45, 7) is 0.546. The Bertz CT molecular complexity index is 1340. The Morgan fingerprint density at radius 1 is 0.969 bits per heavy atom. The molecular formula is C25H25N3O3S. The van der Waals surface area contributed by atoms with Gasteiger partial charge in [-0.15, -0.1) is 0 Å². The van der Waals surface area contributed by atoms with E-state index in [1.54, 1.807) is 12.1 Å². The number of carbonyl (C=O) groups excluding carboxylic acids is 1. The Hall–Kier alpha value is -3.26. The van der Waals surface area contributed by atoms with Crippen molar-refractivity contribution in [3.63, 3.8) is 0 Å². The number of aromatic nitrogens is 1. The van der Waals surface area contributed by atoms with Crippen LogP contribution in [0, 0.1) is 0 Å². The maximum Gasteiger partial charge on any atom is 0.238 e. The fourth-order valence-electron chi connectivity index (χ4n) is 3.91. The van der Waals surface area contributed by atoms with Crippen molar-refractivity contribution in [2.24, 2.45) is 12.2 Å². The highest BCUT2D eigenvalue weighted by atomic mass is 32.2. The van der Waals surface area contributed by atoms with Gasteiger partial charge < -0.3 is 9.88 Å². The van der Waals surface area contributed by atoms with E-state index in [9.17, 15) is 13.2 Å². The number of para-hydroxylation sites is 1. The summed E-state index contributed by atoms with van der Waals surface area (Å²) < 4.78 is 24.8. The number of nitrogens with zero attached hydrogens (tertiary/aromatic N) is 1. The van der Waals surface area contributed by atoms with Crippen molar-refractivity contribution in [2.45, 2.75) is 17.4 Å². The second-order valence-electron chi connectivity index (χ2n) is 7.77. The monoisotopic (exact) mass is 447 g/mol. The summed E-state index contributed by atoms with van der Waals surface area (Å²) >= 11 is 0. The van der Waals surface area contributed by atoms with E-state index in [1.165, 1.54) is 12.1 Å². The number of nitrogens with one attached hydrogen (secondary N) is 1. The Kier molecular flexibility index (Phi) is 6.23. The van der Waals surface area contributed by atoms with Gasteiger partial charge in [-0.1, -0.05) is 60.7 Å². The molecule has 0 fully saturated rings. The molecule has 3 aromatic carbocycles. The van der Waals surface area contributed by atoms with Gasteiger partial charge in [-0.2, -0.15) is 0 Å². The van der Waals surface area contributed by atoms with Crippen molar-refractivity contribution in [2.75, 3.05) is 6.54 Å². The van der Waals surface area contributed by atoms with Crippen molar-refractivity contribution in [1.29, 1.82) is 0 Å². The van der Waals surface area contributed by atoms with Crippen molar-refractivity contribution in [3.05, 3.63) is 102 Å². The number of hydrogen-bond acceptors (Lipinski definition) is 4. The van der Waals surface area contributed by atoms with Gasteiger partial charge in [0.25, 0.3) is 0 Å². The number of carbonyl (C=O) groups is 1. The SMILES string of the molecule is Cn1cc(C(=O)C(NCCc2ccc(S(N)(=O)=O)cc2)c2ccccc2)c2ccccc21. The first-order valence-electron chi connectivity index (χ1n) is 10.3. The summed E-state index contributed by atoms with van der Waals surface area (Å²) in [6.07, 6.45) is 2.52. The number of nitrogens with two attached hydrogens (primary N) is 1. The molecule has 4 aromatic rings. The average Bonchev–Trinajstić information content (AvgIpc) is 3.13. The molecule has 1 unspecified atom stereocenters. The Labute approximate surface area is 187 Å². The number of benzene rings is 3. The Morgan fingerprint density at radius 2 is 1.62 bits per heavy atom. The van der Waals surface area contributed by atoms with Crippen LogP contribution in [0.25, 0.3) is 10.9 Å². The van der Waals surface area contributed by atoms with E-state index >= 15 is 0 Å². The molecule has 0 aliphatic heterocycles. The molecule has 164 valence electrons. The third-order valence-electron chi connectivity index (χ3n) is 5.57. The van der Waals surface area contributed by atoms with E-state index in [4.69, 9.17) is 5.14 Å². The van der Waals surface area contributed by atoms with Gasteiger partial charge in [0.15, 0.2) is 5.78 Å². The van der Waals surface area contributed by atoms with E-state index in [2.05, 4.69) is 5.32 Å². The van der Waals surface area contributed by atoms with Crippen LogP contribution in [0.5, 0.6) is 0 Å². The van der Waals surface area contributed by atoms with Gasteiger partial charge in [0.05, 0.1) is 10.9 Å². The average molecular weight is 448 g/mol. The molecule has 1 aromatic heterocycles. The lowest BCUT2D eigenvalue weighted by Crippen LogP contribution is -2.30. The summed E-state index contributed by atoms with van der Waals surface area (Å²) in [5, 5.41) is 9.49. The zero-order valence-corrected chi connectivity index (χ0v) is 18.5. The minimum Gasteiger partial charge on any atom is -0.350 e. The third kappa shape index (κ3) is 4.65. The van der Waals surface area contributed by atoms with Crippen LogP contribution >= 0.6 is 0 Å². The van der Waals surface area contributed by atoms with Crippen LogP contribution in [0.15, 0.2) is 90.0 Å². The van der Waals surface area contributed by atoms with Crippen LogP contribution in [0.3, 0.4) is 0 Å². The number of ketones is 1. The molecule has 3 N–H and O–H groups in total. The molecule has 0 radical (unpaired) electrons. The standard InChI is InChI=1S/C25H25N3O3S/c1-28-17-22(21-9-5-6-10-23(21)28)25(29)24(19-7-3-2-4-8-19)27-16-15-18-11-13-20(14-12-18)32(26,30)31/h2-14,17,24,27H,15-16H2,1H3,(H2,26,30,31). The lowest BCUT2D eigenvalue weighted by atomic mass is 9.96. The second-order valence-corrected chi connectivity index (χ2v) is 9.33. The lowest BCUT2D eigenvalue weighted by molar-refractivity contribution is 0.0944. The number of sulfonamides is 1. The molecule has 1 heterocycles. The predicted molar refractivity (Wildman–Crippen MR) is 126 cm³/mol. The highest BCUT2D eigenvalue weighted by Crippen LogP contribution is 2.26. The lowest BCUT2D eigenvalue weighted by Gasteiger charge is -2.18. The molecule has 0 aliphatic carbocycles. The molecule has 32 heavy (non-hydrogen) atoms. The van der Waals surface area contributed by atoms with Gasteiger partial charge in [-0.25, -0.2) is 13.6 Å². The molecule has 0 saturated carbocycles. The Balaban J connectivity index is 1.56. The summed E-state index contributed by atoms with van der Waals surface area (Å²) in [7, 11) is -1.77. The van der Waals surface area contributed by atoms with Crippen molar-refractivity contribution >= 4 is 26.7 Å². The van der Waals surface area contributed by atoms with Crippen molar-refractivity contribution in [3.8, 4) is 0 Å². The van der Waals surface area contributed by atoms with Crippen LogP contribution in [0.4, 0.5) is 0 Å². The van der Waals surface area contributed by atoms with Gasteiger partial charge in [-0.3, -0.25) is 4.79 Å². The van der Waals surface area contributed by atoms with Gasteiger partial charge in [0.1, 0.15) is 0 Å². The quantitative estimate of drug-likeness (QED) is 0.404. The molecule has 1 atom stereocenters. The van der Waals surface area contributed by atoms with Crippen LogP contribution in [0.2, 0.25) is 0 Å². The predicted octanol–water partition coefficient (Wildman–Crippen LogP) is 3.58. The summed E-state index contributed by atoms with van der Waals surface area (Å²) in [5.74, 6) is 0.0116. The number of hydrogen-bond donors (Lipinski definition) is 2. The smallest absolute Gasteiger partial charge is 0.238 e. The van der Waals surface area contributed by atoms with Crippen LogP contribution < -0.4 is 10.5 Å². The first kappa shape index (κ1) is 22.0. The molecular weight excluding hydrogens is 422 g/mol. The van der Waals surface area contributed by atoms with Gasteiger partial charge in [0, 0.05) is 36.3 Å². The number of rotatable bonds is 8. The first-order valence-corrected chi connectivity index (χ1v) is 11.9. The zero-order valence-electron chi connectivity index (χ0n) is 17.7. The molecule has 4 rings (SSSR count). The summed E-state index contributed by atoms with van der Waals surface area (Å²) in [4.78, 5) is 13.7. The van der Waals surface area contributed by atoms with Gasteiger partial charge in [0.2, 0.25) is 10.0 Å². The van der Waals surface area contributed by atoms with Crippen molar-refractivity contribution < 1.29 is 13.2 Å².